The van der Waals surface area contributed by atoms with E-state index in [1.807, 2.05) is 0 Å². The summed E-state index contributed by atoms with van der Waals surface area (Å²) < 4.78 is 0. The lowest BCUT2D eigenvalue weighted by atomic mass is 10.1. The number of phenolic OH excluding ortho intramolecular Hbond substituents is 1. The maximum Gasteiger partial charge on any atom is 0.330 e. The molecule has 8 heteroatoms. The molecule has 0 aliphatic rings. The Morgan fingerprint density at radius 2 is 2.12 bits per heavy atom. The number of aliphatic hydroxyl groups excluding tert-OH is 1. The SMILES string of the molecule is N[C@H](CO)c1cc(Cl)c(Cl)c([N+](=O)[O-])c1O. The lowest BCUT2D eigenvalue weighted by molar-refractivity contribution is -0.385. The third kappa shape index (κ3) is 2.19. The highest BCUT2D eigenvalue weighted by molar-refractivity contribution is 6.43. The number of hydrogen-bond donors (Lipinski definition) is 3. The molecule has 0 bridgehead atoms. The second kappa shape index (κ2) is 4.84. The summed E-state index contributed by atoms with van der Waals surface area (Å²) in [4.78, 5) is 9.79. The predicted octanol–water partition coefficient (Wildman–Crippen LogP) is 1.60. The van der Waals surface area contributed by atoms with Crippen LogP contribution in [-0.4, -0.2) is 21.7 Å². The van der Waals surface area contributed by atoms with E-state index in [2.05, 4.69) is 0 Å². The summed E-state index contributed by atoms with van der Waals surface area (Å²) in [6.07, 6.45) is 0. The lowest BCUT2D eigenvalue weighted by Crippen LogP contribution is -2.15. The Hall–Kier alpha value is -1.08. The second-order valence-corrected chi connectivity index (χ2v) is 3.79. The summed E-state index contributed by atoms with van der Waals surface area (Å²) in [5.74, 6) is -0.680. The molecule has 0 aromatic heterocycles. The van der Waals surface area contributed by atoms with E-state index in [4.69, 9.17) is 34.0 Å². The number of phenols is 1. The first-order chi connectivity index (χ1) is 7.40. The molecule has 88 valence electrons. The number of benzene rings is 1. The maximum absolute atomic E-state index is 10.7. The van der Waals surface area contributed by atoms with E-state index in [9.17, 15) is 15.2 Å². The summed E-state index contributed by atoms with van der Waals surface area (Å²) in [5.41, 5.74) is 4.71. The average molecular weight is 267 g/mol. The highest BCUT2D eigenvalue weighted by atomic mass is 35.5. The minimum Gasteiger partial charge on any atom is -0.502 e. The molecule has 0 spiro atoms. The quantitative estimate of drug-likeness (QED) is 0.569. The van der Waals surface area contributed by atoms with E-state index in [1.54, 1.807) is 0 Å². The van der Waals surface area contributed by atoms with Gasteiger partial charge < -0.3 is 15.9 Å². The molecular formula is C8H8Cl2N2O4. The van der Waals surface area contributed by atoms with E-state index >= 15 is 0 Å². The van der Waals surface area contributed by atoms with Crippen LogP contribution in [0.2, 0.25) is 10.0 Å². The number of aliphatic hydroxyl groups is 1. The standard InChI is InChI=1S/C8H8Cl2N2O4/c9-4-1-3(5(11)2-13)8(14)7(6(4)10)12(15)16/h1,5,13-14H,2,11H2/t5-/m1/s1. The lowest BCUT2D eigenvalue weighted by Gasteiger charge is -2.12. The van der Waals surface area contributed by atoms with Crippen molar-refractivity contribution in [3.8, 4) is 5.75 Å². The summed E-state index contributed by atoms with van der Waals surface area (Å²) in [7, 11) is 0. The molecular weight excluding hydrogens is 259 g/mol. The fraction of sp³-hybridized carbons (Fsp3) is 0.250. The van der Waals surface area contributed by atoms with E-state index in [-0.39, 0.29) is 15.6 Å². The Labute approximate surface area is 100 Å². The molecule has 0 aliphatic carbocycles. The van der Waals surface area contributed by atoms with Crippen molar-refractivity contribution in [2.75, 3.05) is 6.61 Å². The summed E-state index contributed by atoms with van der Waals surface area (Å²) in [5, 5.41) is 28.6. The van der Waals surface area contributed by atoms with Gasteiger partial charge in [-0.15, -0.1) is 0 Å². The van der Waals surface area contributed by atoms with Gasteiger partial charge in [-0.1, -0.05) is 23.2 Å². The molecule has 0 unspecified atom stereocenters. The molecule has 6 nitrogen and oxygen atoms in total. The number of rotatable bonds is 3. The van der Waals surface area contributed by atoms with Gasteiger partial charge in [0.1, 0.15) is 5.02 Å². The fourth-order valence-electron chi connectivity index (χ4n) is 1.17. The first-order valence-electron chi connectivity index (χ1n) is 4.11. The van der Waals surface area contributed by atoms with Crippen LogP contribution >= 0.6 is 23.2 Å². The van der Waals surface area contributed by atoms with E-state index < -0.39 is 29.0 Å². The third-order valence-corrected chi connectivity index (χ3v) is 2.75. The molecule has 0 radical (unpaired) electrons. The first-order valence-corrected chi connectivity index (χ1v) is 4.87. The monoisotopic (exact) mass is 266 g/mol. The number of nitrogens with two attached hydrogens (primary N) is 1. The molecule has 0 saturated heterocycles. The highest BCUT2D eigenvalue weighted by Crippen LogP contribution is 2.43. The van der Waals surface area contributed by atoms with Crippen LogP contribution in [0.3, 0.4) is 0 Å². The smallest absolute Gasteiger partial charge is 0.330 e. The van der Waals surface area contributed by atoms with E-state index in [0.717, 1.165) is 0 Å². The van der Waals surface area contributed by atoms with Gasteiger partial charge in [0, 0.05) is 5.56 Å². The van der Waals surface area contributed by atoms with Crippen molar-refractivity contribution in [1.82, 2.24) is 0 Å². The zero-order valence-electron chi connectivity index (χ0n) is 7.85. The topological polar surface area (TPSA) is 110 Å². The number of aromatic hydroxyl groups is 1. The Balaban J connectivity index is 3.50. The van der Waals surface area contributed by atoms with Crippen molar-refractivity contribution in [3.63, 3.8) is 0 Å². The summed E-state index contributed by atoms with van der Waals surface area (Å²) >= 11 is 11.2. The van der Waals surface area contributed by atoms with Crippen LogP contribution in [0.15, 0.2) is 6.07 Å². The van der Waals surface area contributed by atoms with Gasteiger partial charge in [-0.05, 0) is 6.07 Å². The molecule has 0 saturated carbocycles. The normalized spacial score (nSPS) is 12.5. The Morgan fingerprint density at radius 1 is 1.56 bits per heavy atom. The van der Waals surface area contributed by atoms with Crippen LogP contribution in [0.5, 0.6) is 5.75 Å². The largest absolute Gasteiger partial charge is 0.502 e. The van der Waals surface area contributed by atoms with Crippen LogP contribution in [0.1, 0.15) is 11.6 Å². The molecule has 1 atom stereocenters. The van der Waals surface area contributed by atoms with E-state index in [0.29, 0.717) is 0 Å². The number of hydrogen-bond acceptors (Lipinski definition) is 5. The highest BCUT2D eigenvalue weighted by Gasteiger charge is 2.27. The molecule has 0 amide bonds. The van der Waals surface area contributed by atoms with Crippen molar-refractivity contribution < 1.29 is 15.1 Å². The van der Waals surface area contributed by atoms with Gasteiger partial charge in [-0.25, -0.2) is 0 Å². The third-order valence-electron chi connectivity index (χ3n) is 1.98. The molecule has 1 rings (SSSR count). The minimum atomic E-state index is -0.964. The van der Waals surface area contributed by atoms with Gasteiger partial charge in [0.2, 0.25) is 5.75 Å². The first kappa shape index (κ1) is 13.0. The Kier molecular flexibility index (Phi) is 3.93. The summed E-state index contributed by atoms with van der Waals surface area (Å²) in [6, 6.07) is 0.223. The van der Waals surface area contributed by atoms with Crippen LogP contribution in [0.25, 0.3) is 0 Å². The van der Waals surface area contributed by atoms with Crippen molar-refractivity contribution in [3.05, 3.63) is 31.8 Å². The Morgan fingerprint density at radius 3 is 2.56 bits per heavy atom. The predicted molar refractivity (Wildman–Crippen MR) is 58.8 cm³/mol. The average Bonchev–Trinajstić information content (AvgIpc) is 2.22. The zero-order valence-corrected chi connectivity index (χ0v) is 9.37. The van der Waals surface area contributed by atoms with E-state index in [1.165, 1.54) is 6.07 Å². The second-order valence-electron chi connectivity index (χ2n) is 3.00. The fourth-order valence-corrected chi connectivity index (χ4v) is 1.59. The van der Waals surface area contributed by atoms with Crippen LogP contribution in [0.4, 0.5) is 5.69 Å². The molecule has 0 fully saturated rings. The van der Waals surface area contributed by atoms with Gasteiger partial charge in [0.05, 0.1) is 22.6 Å². The molecule has 1 aromatic rings. The van der Waals surface area contributed by atoms with Gasteiger partial charge in [-0.3, -0.25) is 10.1 Å². The molecule has 1 aromatic carbocycles. The number of nitro groups is 1. The molecule has 4 N–H and O–H groups in total. The number of nitro benzene ring substituents is 1. The Bertz CT molecular complexity index is 439. The van der Waals surface area contributed by atoms with Gasteiger partial charge in [0.25, 0.3) is 0 Å². The maximum atomic E-state index is 10.7. The zero-order chi connectivity index (χ0) is 12.5. The molecule has 0 heterocycles. The van der Waals surface area contributed by atoms with Gasteiger partial charge in [0.15, 0.2) is 0 Å². The van der Waals surface area contributed by atoms with Crippen LogP contribution in [0, 0.1) is 10.1 Å². The van der Waals surface area contributed by atoms with Gasteiger partial charge in [-0.2, -0.15) is 0 Å². The number of halogens is 2. The van der Waals surface area contributed by atoms with Crippen molar-refractivity contribution in [2.45, 2.75) is 6.04 Å². The number of nitrogens with zero attached hydrogens (tertiary/aromatic N) is 1. The molecule has 0 aliphatic heterocycles. The molecule has 16 heavy (non-hydrogen) atoms. The van der Waals surface area contributed by atoms with Crippen molar-refractivity contribution in [2.24, 2.45) is 5.73 Å². The minimum absolute atomic E-state index is 0.0244. The van der Waals surface area contributed by atoms with Crippen molar-refractivity contribution in [1.29, 1.82) is 0 Å². The van der Waals surface area contributed by atoms with Crippen LogP contribution in [-0.2, 0) is 0 Å². The van der Waals surface area contributed by atoms with Crippen molar-refractivity contribution >= 4 is 28.9 Å². The van der Waals surface area contributed by atoms with Crippen LogP contribution < -0.4 is 5.73 Å². The summed E-state index contributed by atoms with van der Waals surface area (Å²) in [6.45, 7) is -0.483. The van der Waals surface area contributed by atoms with Gasteiger partial charge >= 0.3 is 5.69 Å².